The highest BCUT2D eigenvalue weighted by molar-refractivity contribution is 5.14. The molecule has 1 atom stereocenters. The third-order valence-electron chi connectivity index (χ3n) is 4.25. The maximum atomic E-state index is 5.96. The van der Waals surface area contributed by atoms with Crippen molar-refractivity contribution in [1.82, 2.24) is 9.88 Å². The molecule has 0 bridgehead atoms. The molecule has 100 valence electrons. The summed E-state index contributed by atoms with van der Waals surface area (Å²) in [5.41, 5.74) is 7.21. The molecule has 0 amide bonds. The Kier molecular flexibility index (Phi) is 4.72. The first kappa shape index (κ1) is 13.5. The van der Waals surface area contributed by atoms with E-state index in [0.29, 0.717) is 12.6 Å². The summed E-state index contributed by atoms with van der Waals surface area (Å²) >= 11 is 0. The second-order valence-electron chi connectivity index (χ2n) is 5.66. The summed E-state index contributed by atoms with van der Waals surface area (Å²) in [6, 6.07) is 4.48. The molecule has 3 nitrogen and oxygen atoms in total. The van der Waals surface area contributed by atoms with Crippen LogP contribution in [0.3, 0.4) is 0 Å². The summed E-state index contributed by atoms with van der Waals surface area (Å²) in [6.45, 7) is 7.68. The molecule has 0 aliphatic carbocycles. The average molecular weight is 247 g/mol. The van der Waals surface area contributed by atoms with Crippen LogP contribution in [-0.2, 0) is 0 Å². The molecule has 2 N–H and O–H groups in total. The molecule has 2 rings (SSSR count). The Hall–Kier alpha value is -0.930. The predicted molar refractivity (Wildman–Crippen MR) is 75.2 cm³/mol. The number of likely N-dealkylation sites (tertiary alicyclic amines) is 1. The van der Waals surface area contributed by atoms with Crippen molar-refractivity contribution in [2.45, 2.75) is 32.7 Å². The number of piperidine rings is 1. The van der Waals surface area contributed by atoms with E-state index >= 15 is 0 Å². The Balaban J connectivity index is 1.99. The molecule has 1 fully saturated rings. The first-order chi connectivity index (χ1) is 8.72. The fourth-order valence-corrected chi connectivity index (χ4v) is 2.97. The fourth-order valence-electron chi connectivity index (χ4n) is 2.97. The number of hydrogen-bond acceptors (Lipinski definition) is 3. The molecule has 0 radical (unpaired) electrons. The SMILES string of the molecule is CC(C)C1CCN(C(CN)c2cccnc2)CC1. The van der Waals surface area contributed by atoms with Crippen molar-refractivity contribution in [2.75, 3.05) is 19.6 Å². The fraction of sp³-hybridized carbons (Fsp3) is 0.667. The van der Waals surface area contributed by atoms with Crippen LogP contribution in [0.5, 0.6) is 0 Å². The highest BCUT2D eigenvalue weighted by Crippen LogP contribution is 2.29. The third kappa shape index (κ3) is 3.09. The van der Waals surface area contributed by atoms with E-state index in [1.807, 2.05) is 18.5 Å². The van der Waals surface area contributed by atoms with E-state index in [1.54, 1.807) is 0 Å². The number of aromatic nitrogens is 1. The Morgan fingerprint density at radius 2 is 2.11 bits per heavy atom. The number of nitrogens with two attached hydrogens (primary N) is 1. The van der Waals surface area contributed by atoms with Gasteiger partial charge in [0.15, 0.2) is 0 Å². The van der Waals surface area contributed by atoms with Gasteiger partial charge in [-0.25, -0.2) is 0 Å². The van der Waals surface area contributed by atoms with Crippen molar-refractivity contribution in [3.8, 4) is 0 Å². The minimum absolute atomic E-state index is 0.340. The minimum Gasteiger partial charge on any atom is -0.329 e. The molecule has 1 aliphatic heterocycles. The Morgan fingerprint density at radius 1 is 1.39 bits per heavy atom. The number of rotatable bonds is 4. The van der Waals surface area contributed by atoms with Crippen molar-refractivity contribution in [3.63, 3.8) is 0 Å². The topological polar surface area (TPSA) is 42.1 Å². The molecule has 1 unspecified atom stereocenters. The smallest absolute Gasteiger partial charge is 0.0485 e. The van der Waals surface area contributed by atoms with Crippen LogP contribution in [0.1, 0.15) is 38.3 Å². The Morgan fingerprint density at radius 3 is 2.61 bits per heavy atom. The summed E-state index contributed by atoms with van der Waals surface area (Å²) in [7, 11) is 0. The van der Waals surface area contributed by atoms with Crippen LogP contribution in [-0.4, -0.2) is 29.5 Å². The third-order valence-corrected chi connectivity index (χ3v) is 4.25. The zero-order chi connectivity index (χ0) is 13.0. The van der Waals surface area contributed by atoms with Crippen LogP contribution in [0.25, 0.3) is 0 Å². The van der Waals surface area contributed by atoms with Crippen LogP contribution in [0.2, 0.25) is 0 Å². The van der Waals surface area contributed by atoms with E-state index < -0.39 is 0 Å². The summed E-state index contributed by atoms with van der Waals surface area (Å²) in [4.78, 5) is 6.73. The minimum atomic E-state index is 0.340. The molecule has 1 aromatic heterocycles. The molecular formula is C15H25N3. The largest absolute Gasteiger partial charge is 0.329 e. The first-order valence-electron chi connectivity index (χ1n) is 7.06. The summed E-state index contributed by atoms with van der Waals surface area (Å²) < 4.78 is 0. The summed E-state index contributed by atoms with van der Waals surface area (Å²) in [5.74, 6) is 1.69. The lowest BCUT2D eigenvalue weighted by molar-refractivity contribution is 0.117. The lowest BCUT2D eigenvalue weighted by atomic mass is 9.86. The molecule has 18 heavy (non-hydrogen) atoms. The van der Waals surface area contributed by atoms with Gasteiger partial charge in [-0.05, 0) is 49.4 Å². The summed E-state index contributed by atoms with van der Waals surface area (Å²) in [5, 5.41) is 0. The van der Waals surface area contributed by atoms with Crippen molar-refractivity contribution >= 4 is 0 Å². The summed E-state index contributed by atoms with van der Waals surface area (Å²) in [6.07, 6.45) is 6.37. The Bertz CT molecular complexity index is 342. The van der Waals surface area contributed by atoms with E-state index in [9.17, 15) is 0 Å². The number of pyridine rings is 1. The van der Waals surface area contributed by atoms with Gasteiger partial charge < -0.3 is 5.73 Å². The molecule has 3 heteroatoms. The van der Waals surface area contributed by atoms with Gasteiger partial charge >= 0.3 is 0 Å². The predicted octanol–water partition coefficient (Wildman–Crippen LogP) is 2.45. The average Bonchev–Trinajstić information content (AvgIpc) is 2.41. The molecule has 1 aliphatic rings. The second-order valence-corrected chi connectivity index (χ2v) is 5.66. The zero-order valence-electron chi connectivity index (χ0n) is 11.5. The van der Waals surface area contributed by atoms with Crippen LogP contribution in [0.4, 0.5) is 0 Å². The molecule has 0 saturated carbocycles. The number of hydrogen-bond donors (Lipinski definition) is 1. The Labute approximate surface area is 110 Å². The van der Waals surface area contributed by atoms with E-state index in [0.717, 1.165) is 11.8 Å². The lowest BCUT2D eigenvalue weighted by Crippen LogP contribution is -2.40. The molecule has 0 spiro atoms. The van der Waals surface area contributed by atoms with Crippen molar-refractivity contribution in [3.05, 3.63) is 30.1 Å². The molecule has 1 saturated heterocycles. The first-order valence-corrected chi connectivity index (χ1v) is 7.06. The van der Waals surface area contributed by atoms with E-state index in [4.69, 9.17) is 5.73 Å². The maximum Gasteiger partial charge on any atom is 0.0485 e. The van der Waals surface area contributed by atoms with Crippen LogP contribution in [0.15, 0.2) is 24.5 Å². The van der Waals surface area contributed by atoms with Gasteiger partial charge in [0, 0.05) is 25.0 Å². The second kappa shape index (κ2) is 6.30. The van der Waals surface area contributed by atoms with E-state index in [1.165, 1.54) is 31.5 Å². The molecular weight excluding hydrogens is 222 g/mol. The van der Waals surface area contributed by atoms with Gasteiger partial charge in [-0.3, -0.25) is 9.88 Å². The van der Waals surface area contributed by atoms with Gasteiger partial charge in [0.1, 0.15) is 0 Å². The number of nitrogens with zero attached hydrogens (tertiary/aromatic N) is 2. The molecule has 1 aromatic rings. The quantitative estimate of drug-likeness (QED) is 0.888. The van der Waals surface area contributed by atoms with Crippen molar-refractivity contribution in [2.24, 2.45) is 17.6 Å². The van der Waals surface area contributed by atoms with Gasteiger partial charge in [0.05, 0.1) is 0 Å². The van der Waals surface area contributed by atoms with Crippen molar-refractivity contribution in [1.29, 1.82) is 0 Å². The monoisotopic (exact) mass is 247 g/mol. The molecule has 2 heterocycles. The van der Waals surface area contributed by atoms with Gasteiger partial charge in [-0.2, -0.15) is 0 Å². The van der Waals surface area contributed by atoms with Gasteiger partial charge in [0.25, 0.3) is 0 Å². The maximum absolute atomic E-state index is 5.96. The van der Waals surface area contributed by atoms with Crippen molar-refractivity contribution < 1.29 is 0 Å². The zero-order valence-corrected chi connectivity index (χ0v) is 11.5. The highest BCUT2D eigenvalue weighted by Gasteiger charge is 2.26. The van der Waals surface area contributed by atoms with Gasteiger partial charge in [0.2, 0.25) is 0 Å². The van der Waals surface area contributed by atoms with Crippen LogP contribution >= 0.6 is 0 Å². The van der Waals surface area contributed by atoms with Gasteiger partial charge in [-0.1, -0.05) is 19.9 Å². The standard InChI is InChI=1S/C15H25N3/c1-12(2)13-5-8-18(9-6-13)15(10-16)14-4-3-7-17-11-14/h3-4,7,11-13,15H,5-6,8-10,16H2,1-2H3. The highest BCUT2D eigenvalue weighted by atomic mass is 15.2. The normalized spacial score (nSPS) is 20.2. The van der Waals surface area contributed by atoms with E-state index in [-0.39, 0.29) is 0 Å². The van der Waals surface area contributed by atoms with E-state index in [2.05, 4.69) is 29.8 Å². The lowest BCUT2D eigenvalue weighted by Gasteiger charge is -2.38. The van der Waals surface area contributed by atoms with Gasteiger partial charge in [-0.15, -0.1) is 0 Å². The van der Waals surface area contributed by atoms with Crippen LogP contribution in [0, 0.1) is 11.8 Å². The van der Waals surface area contributed by atoms with Crippen LogP contribution < -0.4 is 5.73 Å². The molecule has 0 aromatic carbocycles.